The fraction of sp³-hybridized carbons (Fsp3) is 0.615. The number of aryl methyl sites for hydroxylation is 1. The van der Waals surface area contributed by atoms with Crippen molar-refractivity contribution in [3.8, 4) is 6.07 Å². The Morgan fingerprint density at radius 2 is 1.77 bits per heavy atom. The van der Waals surface area contributed by atoms with E-state index in [9.17, 15) is 10.1 Å². The molecule has 1 atom stereocenters. The van der Waals surface area contributed by atoms with Gasteiger partial charge in [0.05, 0.1) is 0 Å². The Hall–Kier alpha value is -2.28. The van der Waals surface area contributed by atoms with Gasteiger partial charge in [0.25, 0.3) is 5.91 Å². The highest BCUT2D eigenvalue weighted by atomic mass is 16.1. The van der Waals surface area contributed by atoms with Crippen LogP contribution in [0.25, 0.3) is 0 Å². The second kappa shape index (κ2) is 8.84. The minimum absolute atomic E-state index is 0.119. The summed E-state index contributed by atoms with van der Waals surface area (Å²) in [6, 6.07) is 10.4. The van der Waals surface area contributed by atoms with Gasteiger partial charge >= 0.3 is 0 Å². The van der Waals surface area contributed by atoms with Crippen LogP contribution in [0, 0.1) is 34.5 Å². The van der Waals surface area contributed by atoms with Crippen molar-refractivity contribution in [1.29, 1.82) is 5.26 Å². The van der Waals surface area contributed by atoms with E-state index >= 15 is 0 Å². The standard InChI is InChI=1S/C26H35N3O/c1-3-4-5-19-6-8-24(9-7-19)28-17-23(16-27)25(30)29-18(2)26-13-20-10-21(14-26)12-22(11-20)15-26/h6-9,17-18,20-22,28H,3-5,10-15H2,1-2H3,(H,29,30)/b23-17-. The highest BCUT2D eigenvalue weighted by molar-refractivity contribution is 5.97. The number of nitrogens with one attached hydrogen (secondary N) is 2. The number of nitrogens with zero attached hydrogens (tertiary/aromatic N) is 1. The summed E-state index contributed by atoms with van der Waals surface area (Å²) >= 11 is 0. The fourth-order valence-electron chi connectivity index (χ4n) is 6.59. The lowest BCUT2D eigenvalue weighted by atomic mass is 9.48. The molecule has 1 amide bonds. The normalized spacial score (nSPS) is 30.6. The summed E-state index contributed by atoms with van der Waals surface area (Å²) < 4.78 is 0. The van der Waals surface area contributed by atoms with E-state index in [4.69, 9.17) is 0 Å². The zero-order valence-electron chi connectivity index (χ0n) is 18.4. The van der Waals surface area contributed by atoms with Crippen molar-refractivity contribution < 1.29 is 4.79 Å². The first-order chi connectivity index (χ1) is 14.5. The number of amides is 1. The third-order valence-electron chi connectivity index (χ3n) is 7.87. The van der Waals surface area contributed by atoms with Crippen LogP contribution in [0.3, 0.4) is 0 Å². The van der Waals surface area contributed by atoms with Crippen LogP contribution in [0.15, 0.2) is 36.0 Å². The summed E-state index contributed by atoms with van der Waals surface area (Å²) in [7, 11) is 0. The second-order valence-corrected chi connectivity index (χ2v) is 10.1. The van der Waals surface area contributed by atoms with E-state index in [0.717, 1.165) is 29.9 Å². The van der Waals surface area contributed by atoms with Crippen LogP contribution in [-0.2, 0) is 11.2 Å². The molecular weight excluding hydrogens is 370 g/mol. The third-order valence-corrected chi connectivity index (χ3v) is 7.87. The van der Waals surface area contributed by atoms with Crippen LogP contribution in [0.4, 0.5) is 5.69 Å². The number of nitriles is 1. The topological polar surface area (TPSA) is 64.9 Å². The zero-order chi connectivity index (χ0) is 21.1. The van der Waals surface area contributed by atoms with Crippen LogP contribution >= 0.6 is 0 Å². The van der Waals surface area contributed by atoms with Gasteiger partial charge in [-0.25, -0.2) is 0 Å². The van der Waals surface area contributed by atoms with Crippen molar-refractivity contribution in [2.24, 2.45) is 23.2 Å². The van der Waals surface area contributed by atoms with E-state index in [1.807, 2.05) is 12.1 Å². The van der Waals surface area contributed by atoms with E-state index in [1.165, 1.54) is 56.9 Å². The summed E-state index contributed by atoms with van der Waals surface area (Å²) in [6.07, 6.45) is 12.9. The molecule has 30 heavy (non-hydrogen) atoms. The van der Waals surface area contributed by atoms with Gasteiger partial charge in [-0.3, -0.25) is 4.79 Å². The number of rotatable bonds is 8. The number of unbranched alkanes of at least 4 members (excludes halogenated alkanes) is 1. The maximum atomic E-state index is 12.8. The number of carbonyl (C=O) groups excluding carboxylic acids is 1. The lowest BCUT2D eigenvalue weighted by Gasteiger charge is -2.59. The largest absolute Gasteiger partial charge is 0.360 e. The molecule has 5 rings (SSSR count). The summed E-state index contributed by atoms with van der Waals surface area (Å²) in [4.78, 5) is 12.8. The summed E-state index contributed by atoms with van der Waals surface area (Å²) in [5, 5.41) is 15.9. The second-order valence-electron chi connectivity index (χ2n) is 10.1. The molecule has 4 nitrogen and oxygen atoms in total. The molecule has 0 radical (unpaired) electrons. The molecule has 4 saturated carbocycles. The van der Waals surface area contributed by atoms with Gasteiger partial charge in [0.15, 0.2) is 0 Å². The van der Waals surface area contributed by atoms with Gasteiger partial charge in [-0.15, -0.1) is 0 Å². The van der Waals surface area contributed by atoms with Gasteiger partial charge in [0.1, 0.15) is 11.6 Å². The molecule has 1 aromatic carbocycles. The number of benzene rings is 1. The van der Waals surface area contributed by atoms with E-state index in [0.29, 0.717) is 0 Å². The highest BCUT2D eigenvalue weighted by Crippen LogP contribution is 2.61. The summed E-state index contributed by atoms with van der Waals surface area (Å²) in [5.74, 6) is 2.29. The highest BCUT2D eigenvalue weighted by Gasteiger charge is 2.53. The van der Waals surface area contributed by atoms with Gasteiger partial charge in [-0.1, -0.05) is 25.5 Å². The van der Waals surface area contributed by atoms with E-state index in [2.05, 4.69) is 42.7 Å². The van der Waals surface area contributed by atoms with Crippen LogP contribution < -0.4 is 10.6 Å². The Balaban J connectivity index is 1.36. The predicted molar refractivity (Wildman–Crippen MR) is 121 cm³/mol. The molecule has 2 N–H and O–H groups in total. The van der Waals surface area contributed by atoms with Gasteiger partial charge < -0.3 is 10.6 Å². The van der Waals surface area contributed by atoms with Crippen molar-refractivity contribution in [3.05, 3.63) is 41.6 Å². The molecule has 4 heteroatoms. The Morgan fingerprint density at radius 1 is 1.17 bits per heavy atom. The van der Waals surface area contributed by atoms with Crippen LogP contribution in [0.2, 0.25) is 0 Å². The summed E-state index contributed by atoms with van der Waals surface area (Å²) in [5.41, 5.74) is 2.59. The van der Waals surface area contributed by atoms with E-state index in [-0.39, 0.29) is 22.9 Å². The van der Waals surface area contributed by atoms with E-state index in [1.54, 1.807) is 6.20 Å². The first-order valence-electron chi connectivity index (χ1n) is 11.8. The first kappa shape index (κ1) is 21.0. The Kier molecular flexibility index (Phi) is 6.18. The quantitative estimate of drug-likeness (QED) is 0.439. The van der Waals surface area contributed by atoms with Crippen LogP contribution in [-0.4, -0.2) is 11.9 Å². The molecule has 0 aromatic heterocycles. The number of anilines is 1. The Bertz CT molecular complexity index is 798. The van der Waals surface area contributed by atoms with Crippen molar-refractivity contribution in [1.82, 2.24) is 5.32 Å². The Morgan fingerprint density at radius 3 is 2.30 bits per heavy atom. The maximum Gasteiger partial charge on any atom is 0.263 e. The molecule has 0 spiro atoms. The molecule has 1 unspecified atom stereocenters. The minimum atomic E-state index is -0.257. The average Bonchev–Trinajstić information content (AvgIpc) is 2.72. The van der Waals surface area contributed by atoms with Gasteiger partial charge in [0, 0.05) is 17.9 Å². The predicted octanol–water partition coefficient (Wildman–Crippen LogP) is 5.57. The molecule has 0 saturated heterocycles. The van der Waals surface area contributed by atoms with Crippen molar-refractivity contribution in [2.75, 3.05) is 5.32 Å². The van der Waals surface area contributed by atoms with Gasteiger partial charge in [-0.05, 0) is 99.2 Å². The third kappa shape index (κ3) is 4.41. The van der Waals surface area contributed by atoms with Crippen LogP contribution in [0.1, 0.15) is 70.8 Å². The lowest BCUT2D eigenvalue weighted by Crippen LogP contribution is -2.56. The molecule has 1 aromatic rings. The van der Waals surface area contributed by atoms with Gasteiger partial charge in [-0.2, -0.15) is 5.26 Å². The number of carbonyl (C=O) groups is 1. The maximum absolute atomic E-state index is 12.8. The molecule has 4 aliphatic carbocycles. The van der Waals surface area contributed by atoms with Crippen molar-refractivity contribution in [2.45, 2.75) is 77.7 Å². The number of hydrogen-bond acceptors (Lipinski definition) is 3. The number of hydrogen-bond donors (Lipinski definition) is 2. The summed E-state index contributed by atoms with van der Waals surface area (Å²) in [6.45, 7) is 4.35. The van der Waals surface area contributed by atoms with Crippen molar-refractivity contribution in [3.63, 3.8) is 0 Å². The first-order valence-corrected chi connectivity index (χ1v) is 11.8. The Labute approximate surface area is 181 Å². The monoisotopic (exact) mass is 405 g/mol. The van der Waals surface area contributed by atoms with E-state index < -0.39 is 0 Å². The smallest absolute Gasteiger partial charge is 0.263 e. The molecule has 4 aliphatic rings. The lowest BCUT2D eigenvalue weighted by molar-refractivity contribution is -0.122. The zero-order valence-corrected chi connectivity index (χ0v) is 18.4. The van der Waals surface area contributed by atoms with Crippen molar-refractivity contribution >= 4 is 11.6 Å². The minimum Gasteiger partial charge on any atom is -0.360 e. The molecule has 4 fully saturated rings. The molecule has 160 valence electrons. The van der Waals surface area contributed by atoms with Crippen LogP contribution in [0.5, 0.6) is 0 Å². The SMILES string of the molecule is CCCCc1ccc(N/C=C(/C#N)C(=O)NC(C)C23CC4CC(CC(C4)C2)C3)cc1. The average molecular weight is 406 g/mol. The van der Waals surface area contributed by atoms with Gasteiger partial charge in [0.2, 0.25) is 0 Å². The fourth-order valence-corrected chi connectivity index (χ4v) is 6.59. The molecule has 4 bridgehead atoms. The molecule has 0 aliphatic heterocycles. The molecular formula is C26H35N3O. The molecule has 0 heterocycles.